The van der Waals surface area contributed by atoms with Crippen molar-refractivity contribution in [2.75, 3.05) is 0 Å². The summed E-state index contributed by atoms with van der Waals surface area (Å²) in [6.07, 6.45) is 1.59. The van der Waals surface area contributed by atoms with Gasteiger partial charge in [-0.05, 0) is 45.4 Å². The predicted molar refractivity (Wildman–Crippen MR) is 65.4 cm³/mol. The molecule has 17 heavy (non-hydrogen) atoms. The number of amides is 3. The Hall–Kier alpha value is -1.06. The van der Waals surface area contributed by atoms with E-state index in [1.54, 1.807) is 0 Å². The van der Waals surface area contributed by atoms with Gasteiger partial charge in [-0.2, -0.15) is 0 Å². The minimum Gasteiger partial charge on any atom is -0.323 e. The number of nitrogens with zero attached hydrogens (tertiary/aromatic N) is 1. The molecule has 0 unspecified atom stereocenters. The Morgan fingerprint density at radius 3 is 2.18 bits per heavy atom. The van der Waals surface area contributed by atoms with E-state index in [1.807, 2.05) is 20.8 Å². The van der Waals surface area contributed by atoms with Crippen molar-refractivity contribution < 1.29 is 9.59 Å². The van der Waals surface area contributed by atoms with Crippen molar-refractivity contribution in [1.82, 2.24) is 10.2 Å². The average Bonchev–Trinajstić information content (AvgIpc) is 2.32. The second-order valence-corrected chi connectivity index (χ2v) is 6.74. The van der Waals surface area contributed by atoms with Crippen molar-refractivity contribution >= 4 is 11.9 Å². The average molecular weight is 238 g/mol. The molecule has 2 fully saturated rings. The topological polar surface area (TPSA) is 49.4 Å². The summed E-state index contributed by atoms with van der Waals surface area (Å²) in [6.45, 7) is 10.0. The number of carbonyl (C=O) groups is 2. The molecule has 0 aromatic rings. The largest absolute Gasteiger partial charge is 0.325 e. The fourth-order valence-corrected chi connectivity index (χ4v) is 2.81. The molecule has 0 radical (unpaired) electrons. The summed E-state index contributed by atoms with van der Waals surface area (Å²) in [5, 5.41) is 2.90. The fourth-order valence-electron chi connectivity index (χ4n) is 2.81. The highest BCUT2D eigenvalue weighted by atomic mass is 16.2. The van der Waals surface area contributed by atoms with Crippen LogP contribution in [0.15, 0.2) is 0 Å². The summed E-state index contributed by atoms with van der Waals surface area (Å²) < 4.78 is 0. The molecule has 2 aliphatic rings. The summed E-state index contributed by atoms with van der Waals surface area (Å²) in [6, 6.07) is -0.232. The van der Waals surface area contributed by atoms with E-state index < -0.39 is 11.1 Å². The zero-order valence-electron chi connectivity index (χ0n) is 11.3. The minimum absolute atomic E-state index is 0.0353. The number of hydrogen-bond donors (Lipinski definition) is 1. The second-order valence-electron chi connectivity index (χ2n) is 6.74. The minimum atomic E-state index is -0.584. The maximum atomic E-state index is 12.4. The van der Waals surface area contributed by atoms with Crippen LogP contribution < -0.4 is 5.32 Å². The van der Waals surface area contributed by atoms with Crippen molar-refractivity contribution in [3.63, 3.8) is 0 Å². The number of nitrogens with one attached hydrogen (secondary N) is 1. The van der Waals surface area contributed by atoms with Gasteiger partial charge in [0.25, 0.3) is 5.91 Å². The van der Waals surface area contributed by atoms with Gasteiger partial charge >= 0.3 is 6.03 Å². The number of hydrogen-bond acceptors (Lipinski definition) is 2. The molecule has 1 aliphatic carbocycles. The van der Waals surface area contributed by atoms with Crippen molar-refractivity contribution in [1.29, 1.82) is 0 Å². The number of rotatable bonds is 1. The molecule has 4 heteroatoms. The van der Waals surface area contributed by atoms with Gasteiger partial charge in [-0.15, -0.1) is 0 Å². The second kappa shape index (κ2) is 3.47. The van der Waals surface area contributed by atoms with Crippen molar-refractivity contribution in [2.45, 2.75) is 58.5 Å². The lowest BCUT2D eigenvalue weighted by Crippen LogP contribution is -2.58. The molecule has 1 saturated carbocycles. The molecule has 2 rings (SSSR count). The Labute approximate surface area is 103 Å². The molecule has 0 aromatic carbocycles. The first-order chi connectivity index (χ1) is 7.67. The summed E-state index contributed by atoms with van der Waals surface area (Å²) >= 11 is 0. The van der Waals surface area contributed by atoms with Gasteiger partial charge < -0.3 is 5.32 Å². The molecule has 1 N–H and O–H groups in total. The predicted octanol–water partition coefficient (Wildman–Crippen LogP) is 2.14. The molecule has 0 atom stereocenters. The summed E-state index contributed by atoms with van der Waals surface area (Å²) in [4.78, 5) is 25.7. The van der Waals surface area contributed by atoms with Crippen LogP contribution in [-0.2, 0) is 4.79 Å². The number of carbonyl (C=O) groups excluding carboxylic acids is 2. The first-order valence-corrected chi connectivity index (χ1v) is 6.34. The molecular weight excluding hydrogens is 216 g/mol. The molecule has 1 saturated heterocycles. The van der Waals surface area contributed by atoms with E-state index in [1.165, 1.54) is 4.90 Å². The number of imide groups is 1. The van der Waals surface area contributed by atoms with Crippen molar-refractivity contribution in [2.24, 2.45) is 11.8 Å². The summed E-state index contributed by atoms with van der Waals surface area (Å²) in [5.74, 6) is 1.10. The lowest BCUT2D eigenvalue weighted by atomic mass is 9.64. The van der Waals surface area contributed by atoms with Crippen LogP contribution in [0.2, 0.25) is 0 Å². The number of urea groups is 1. The molecule has 1 spiro atoms. The van der Waals surface area contributed by atoms with Crippen LogP contribution in [-0.4, -0.2) is 27.9 Å². The highest BCUT2D eigenvalue weighted by Gasteiger charge is 2.60. The Bertz CT molecular complexity index is 362. The van der Waals surface area contributed by atoms with E-state index in [2.05, 4.69) is 19.2 Å². The molecule has 0 bridgehead atoms. The Balaban J connectivity index is 2.16. The van der Waals surface area contributed by atoms with Crippen LogP contribution in [0.1, 0.15) is 47.5 Å². The normalized spacial score (nSPS) is 33.3. The molecule has 3 amide bonds. The van der Waals surface area contributed by atoms with E-state index in [9.17, 15) is 9.59 Å². The Morgan fingerprint density at radius 1 is 1.29 bits per heavy atom. The van der Waals surface area contributed by atoms with Gasteiger partial charge in [0.15, 0.2) is 0 Å². The molecule has 1 heterocycles. The van der Waals surface area contributed by atoms with Gasteiger partial charge in [0.1, 0.15) is 5.54 Å². The maximum absolute atomic E-state index is 12.4. The SMILES string of the molecule is CC(C)C1CC2(C1)NC(=O)N(C(C)(C)C)C2=O. The van der Waals surface area contributed by atoms with Gasteiger partial charge in [-0.3, -0.25) is 9.69 Å². The van der Waals surface area contributed by atoms with Gasteiger partial charge in [0.2, 0.25) is 0 Å². The highest BCUT2D eigenvalue weighted by Crippen LogP contribution is 2.46. The molecule has 4 nitrogen and oxygen atoms in total. The Kier molecular flexibility index (Phi) is 2.53. The van der Waals surface area contributed by atoms with Gasteiger partial charge in [0, 0.05) is 5.54 Å². The quantitative estimate of drug-likeness (QED) is 0.711. The molecular formula is C13H22N2O2. The first kappa shape index (κ1) is 12.4. The third-order valence-electron chi connectivity index (χ3n) is 4.00. The van der Waals surface area contributed by atoms with Crippen LogP contribution in [0, 0.1) is 11.8 Å². The maximum Gasteiger partial charge on any atom is 0.325 e. The molecule has 1 aliphatic heterocycles. The summed E-state index contributed by atoms with van der Waals surface area (Å²) in [5.41, 5.74) is -1.02. The fraction of sp³-hybridized carbons (Fsp3) is 0.846. The third kappa shape index (κ3) is 1.74. The van der Waals surface area contributed by atoms with E-state index >= 15 is 0 Å². The van der Waals surface area contributed by atoms with Crippen LogP contribution in [0.4, 0.5) is 4.79 Å². The lowest BCUT2D eigenvalue weighted by molar-refractivity contribution is -0.139. The van der Waals surface area contributed by atoms with E-state index in [0.717, 1.165) is 12.8 Å². The van der Waals surface area contributed by atoms with Crippen LogP contribution >= 0.6 is 0 Å². The lowest BCUT2D eigenvalue weighted by Gasteiger charge is -2.45. The van der Waals surface area contributed by atoms with Gasteiger partial charge in [0.05, 0.1) is 0 Å². The highest BCUT2D eigenvalue weighted by molar-refractivity contribution is 6.08. The Morgan fingerprint density at radius 2 is 1.82 bits per heavy atom. The third-order valence-corrected chi connectivity index (χ3v) is 4.00. The van der Waals surface area contributed by atoms with Gasteiger partial charge in [-0.1, -0.05) is 13.8 Å². The smallest absolute Gasteiger partial charge is 0.323 e. The molecule has 0 aromatic heterocycles. The van der Waals surface area contributed by atoms with Gasteiger partial charge in [-0.25, -0.2) is 4.79 Å². The van der Waals surface area contributed by atoms with E-state index in [4.69, 9.17) is 0 Å². The monoisotopic (exact) mass is 238 g/mol. The van der Waals surface area contributed by atoms with E-state index in [-0.39, 0.29) is 11.9 Å². The molecule has 96 valence electrons. The zero-order chi connectivity index (χ0) is 13.0. The van der Waals surface area contributed by atoms with Crippen molar-refractivity contribution in [3.8, 4) is 0 Å². The van der Waals surface area contributed by atoms with Crippen LogP contribution in [0.3, 0.4) is 0 Å². The standard InChI is InChI=1S/C13H22N2O2/c1-8(2)9-6-13(7-9)10(16)15(11(17)14-13)12(3,4)5/h8-9H,6-7H2,1-5H3,(H,14,17). The van der Waals surface area contributed by atoms with Crippen LogP contribution in [0.25, 0.3) is 0 Å². The van der Waals surface area contributed by atoms with Crippen molar-refractivity contribution in [3.05, 3.63) is 0 Å². The summed E-state index contributed by atoms with van der Waals surface area (Å²) in [7, 11) is 0. The zero-order valence-corrected chi connectivity index (χ0v) is 11.3. The first-order valence-electron chi connectivity index (χ1n) is 6.34. The van der Waals surface area contributed by atoms with Crippen LogP contribution in [0.5, 0.6) is 0 Å². The van der Waals surface area contributed by atoms with E-state index in [0.29, 0.717) is 11.8 Å².